The molecule has 5 heteroatoms. The minimum Gasteiger partial charge on any atom is -0.450 e. The van der Waals surface area contributed by atoms with Crippen LogP contribution in [-0.4, -0.2) is 30.4 Å². The molecule has 0 aromatic rings. The van der Waals surface area contributed by atoms with Gasteiger partial charge in [-0.2, -0.15) is 0 Å². The summed E-state index contributed by atoms with van der Waals surface area (Å²) in [6.45, 7) is 2.03. The third-order valence-electron chi connectivity index (χ3n) is 0.854. The lowest BCUT2D eigenvalue weighted by molar-refractivity contribution is -0.115. The molecule has 0 aliphatic heterocycles. The van der Waals surface area contributed by atoms with Crippen LogP contribution in [0.3, 0.4) is 0 Å². The van der Waals surface area contributed by atoms with E-state index < -0.39 is 6.09 Å². The number of ether oxygens (including phenoxy) is 1. The van der Waals surface area contributed by atoms with Gasteiger partial charge in [0, 0.05) is 0 Å². The van der Waals surface area contributed by atoms with E-state index >= 15 is 0 Å². The van der Waals surface area contributed by atoms with Crippen molar-refractivity contribution in [2.45, 2.75) is 6.92 Å². The smallest absolute Gasteiger partial charge is 0.407 e. The fourth-order valence-corrected chi connectivity index (χ4v) is 0.598. The molecule has 64 valence electrons. The lowest BCUT2D eigenvalue weighted by atomic mass is 10.4. The molecule has 11 heavy (non-hydrogen) atoms. The van der Waals surface area contributed by atoms with E-state index in [1.807, 2.05) is 0 Å². The first kappa shape index (κ1) is 10.4. The Balaban J connectivity index is 3.38. The summed E-state index contributed by atoms with van der Waals surface area (Å²) in [5.41, 5.74) is 0. The van der Waals surface area contributed by atoms with Crippen LogP contribution in [0.15, 0.2) is 0 Å². The number of amides is 1. The highest BCUT2D eigenvalue weighted by Crippen LogP contribution is 1.81. The number of ketones is 1. The first-order valence-electron chi connectivity index (χ1n) is 3.19. The van der Waals surface area contributed by atoms with Gasteiger partial charge in [0.15, 0.2) is 5.78 Å². The fourth-order valence-electron chi connectivity index (χ4n) is 0.400. The number of alkyl halides is 1. The van der Waals surface area contributed by atoms with Gasteiger partial charge in [0.05, 0.1) is 18.5 Å². The van der Waals surface area contributed by atoms with Crippen LogP contribution in [-0.2, 0) is 9.53 Å². The Bertz CT molecular complexity index is 149. The molecule has 0 rings (SSSR count). The zero-order valence-corrected chi connectivity index (χ0v) is 7.81. The number of halogens is 1. The maximum absolute atomic E-state index is 10.6. The number of carbonyl (C=O) groups is 2. The Morgan fingerprint density at radius 3 is 2.64 bits per heavy atom. The van der Waals surface area contributed by atoms with E-state index in [1.165, 1.54) is 0 Å². The number of hydrogen-bond acceptors (Lipinski definition) is 3. The van der Waals surface area contributed by atoms with Gasteiger partial charge in [-0.15, -0.1) is 0 Å². The Hall–Kier alpha value is -0.580. The third-order valence-corrected chi connectivity index (χ3v) is 1.48. The van der Waals surface area contributed by atoms with Crippen molar-refractivity contribution in [1.29, 1.82) is 0 Å². The molecule has 0 saturated carbocycles. The Kier molecular flexibility index (Phi) is 5.83. The Labute approximate surface area is 73.4 Å². The van der Waals surface area contributed by atoms with E-state index in [2.05, 4.69) is 26.0 Å². The Morgan fingerprint density at radius 1 is 1.55 bits per heavy atom. The predicted molar refractivity (Wildman–Crippen MR) is 43.8 cm³/mol. The van der Waals surface area contributed by atoms with Crippen LogP contribution >= 0.6 is 15.9 Å². The number of carbonyl (C=O) groups excluding carboxylic acids is 2. The molecule has 0 aromatic heterocycles. The van der Waals surface area contributed by atoms with Crippen molar-refractivity contribution >= 4 is 27.8 Å². The van der Waals surface area contributed by atoms with Crippen LogP contribution in [0.1, 0.15) is 6.92 Å². The monoisotopic (exact) mass is 223 g/mol. The second kappa shape index (κ2) is 6.15. The van der Waals surface area contributed by atoms with E-state index in [4.69, 9.17) is 0 Å². The first-order chi connectivity index (χ1) is 5.20. The molecule has 0 unspecified atom stereocenters. The van der Waals surface area contributed by atoms with Crippen LogP contribution in [0.4, 0.5) is 4.79 Å². The van der Waals surface area contributed by atoms with E-state index in [0.717, 1.165) is 0 Å². The largest absolute Gasteiger partial charge is 0.450 e. The summed E-state index contributed by atoms with van der Waals surface area (Å²) in [7, 11) is 0. The van der Waals surface area contributed by atoms with Crippen molar-refractivity contribution in [2.75, 3.05) is 18.5 Å². The highest BCUT2D eigenvalue weighted by molar-refractivity contribution is 9.09. The molecule has 1 N–H and O–H groups in total. The van der Waals surface area contributed by atoms with Gasteiger partial charge in [0.2, 0.25) is 0 Å². The van der Waals surface area contributed by atoms with Gasteiger partial charge in [-0.25, -0.2) is 4.79 Å². The van der Waals surface area contributed by atoms with E-state index in [1.54, 1.807) is 6.92 Å². The second-order valence-corrected chi connectivity index (χ2v) is 2.31. The lowest BCUT2D eigenvalue weighted by Gasteiger charge is -2.01. The zero-order valence-electron chi connectivity index (χ0n) is 6.22. The van der Waals surface area contributed by atoms with Crippen molar-refractivity contribution in [2.24, 2.45) is 0 Å². The summed E-state index contributed by atoms with van der Waals surface area (Å²) in [6.07, 6.45) is -0.554. The number of hydrogen-bond donors (Lipinski definition) is 1. The summed E-state index contributed by atoms with van der Waals surface area (Å²) in [4.78, 5) is 21.2. The molecule has 0 aliphatic carbocycles. The molecule has 0 heterocycles. The highest BCUT2D eigenvalue weighted by Gasteiger charge is 2.02. The van der Waals surface area contributed by atoms with Gasteiger partial charge < -0.3 is 10.1 Å². The highest BCUT2D eigenvalue weighted by atomic mass is 79.9. The average Bonchev–Trinajstić information content (AvgIpc) is 2.01. The molecule has 0 aromatic carbocycles. The molecule has 0 aliphatic rings. The molecule has 0 bridgehead atoms. The number of alkyl carbamates (subject to hydrolysis) is 1. The maximum Gasteiger partial charge on any atom is 0.407 e. The standard InChI is InChI=1S/C6H10BrNO3/c1-2-11-6(10)8-4-5(9)3-7/h2-4H2,1H3,(H,8,10). The molecule has 4 nitrogen and oxygen atoms in total. The van der Waals surface area contributed by atoms with Crippen molar-refractivity contribution in [3.05, 3.63) is 0 Å². The van der Waals surface area contributed by atoms with Gasteiger partial charge in [-0.1, -0.05) is 15.9 Å². The van der Waals surface area contributed by atoms with E-state index in [-0.39, 0.29) is 17.7 Å². The minimum absolute atomic E-state index is 0.0179. The molecule has 0 radical (unpaired) electrons. The SMILES string of the molecule is CCOC(=O)NCC(=O)CBr. The van der Waals surface area contributed by atoms with Crippen molar-refractivity contribution in [3.8, 4) is 0 Å². The minimum atomic E-state index is -0.554. The fraction of sp³-hybridized carbons (Fsp3) is 0.667. The lowest BCUT2D eigenvalue weighted by Crippen LogP contribution is -2.30. The summed E-state index contributed by atoms with van der Waals surface area (Å²) in [5.74, 6) is -0.0851. The van der Waals surface area contributed by atoms with Crippen molar-refractivity contribution in [3.63, 3.8) is 0 Å². The topological polar surface area (TPSA) is 55.4 Å². The van der Waals surface area contributed by atoms with Crippen LogP contribution in [0.2, 0.25) is 0 Å². The van der Waals surface area contributed by atoms with Crippen LogP contribution in [0, 0.1) is 0 Å². The second-order valence-electron chi connectivity index (χ2n) is 1.75. The van der Waals surface area contributed by atoms with Crippen molar-refractivity contribution < 1.29 is 14.3 Å². The predicted octanol–water partition coefficient (Wildman–Crippen LogP) is 0.697. The summed E-state index contributed by atoms with van der Waals surface area (Å²) >= 11 is 2.96. The molecular weight excluding hydrogens is 214 g/mol. The van der Waals surface area contributed by atoms with Crippen molar-refractivity contribution in [1.82, 2.24) is 5.32 Å². The van der Waals surface area contributed by atoms with Gasteiger partial charge in [-0.3, -0.25) is 4.79 Å². The maximum atomic E-state index is 10.6. The molecule has 0 fully saturated rings. The quantitative estimate of drug-likeness (QED) is 0.715. The molecular formula is C6H10BrNO3. The molecule has 0 saturated heterocycles. The van der Waals surface area contributed by atoms with Gasteiger partial charge in [0.1, 0.15) is 0 Å². The number of rotatable bonds is 4. The third kappa shape index (κ3) is 5.84. The van der Waals surface area contributed by atoms with Gasteiger partial charge >= 0.3 is 6.09 Å². The Morgan fingerprint density at radius 2 is 2.18 bits per heavy atom. The van der Waals surface area contributed by atoms with Crippen LogP contribution in [0.5, 0.6) is 0 Å². The molecule has 0 atom stereocenters. The molecule has 0 spiro atoms. The van der Waals surface area contributed by atoms with Crippen LogP contribution in [0.25, 0.3) is 0 Å². The normalized spacial score (nSPS) is 8.91. The summed E-state index contributed by atoms with van der Waals surface area (Å²) < 4.78 is 4.52. The zero-order chi connectivity index (χ0) is 8.69. The van der Waals surface area contributed by atoms with Gasteiger partial charge in [-0.05, 0) is 6.92 Å². The van der Waals surface area contributed by atoms with Crippen LogP contribution < -0.4 is 5.32 Å². The summed E-state index contributed by atoms with van der Waals surface area (Å²) in [5, 5.41) is 2.54. The summed E-state index contributed by atoms with van der Waals surface area (Å²) in [6, 6.07) is 0. The van der Waals surface area contributed by atoms with E-state index in [9.17, 15) is 9.59 Å². The number of nitrogens with one attached hydrogen (secondary N) is 1. The number of Topliss-reactive ketones (excluding diaryl/α,β-unsaturated/α-hetero) is 1. The molecule has 1 amide bonds. The van der Waals surface area contributed by atoms with Gasteiger partial charge in [0.25, 0.3) is 0 Å². The van der Waals surface area contributed by atoms with E-state index in [0.29, 0.717) is 6.61 Å². The first-order valence-corrected chi connectivity index (χ1v) is 4.31. The average molecular weight is 224 g/mol.